The van der Waals surface area contributed by atoms with Gasteiger partial charge in [0.2, 0.25) is 0 Å². The largest absolute Gasteiger partial charge is 0.484 e. The summed E-state index contributed by atoms with van der Waals surface area (Å²) >= 11 is 0. The molecule has 0 radical (unpaired) electrons. The Labute approximate surface area is 113 Å². The standard InChI is InChI=1S/C15H21NO3/c17-10-9-12-5-7-14(8-6-12)19-11-15(18)16-13-3-1-2-4-13/h5-8,13,17H,1-4,9-11H2,(H,16,18). The van der Waals surface area contributed by atoms with E-state index in [4.69, 9.17) is 9.84 Å². The van der Waals surface area contributed by atoms with E-state index in [1.807, 2.05) is 24.3 Å². The molecule has 1 amide bonds. The maximum absolute atomic E-state index is 11.7. The molecule has 19 heavy (non-hydrogen) atoms. The fraction of sp³-hybridized carbons (Fsp3) is 0.533. The lowest BCUT2D eigenvalue weighted by Crippen LogP contribution is -2.36. The molecule has 0 aliphatic heterocycles. The van der Waals surface area contributed by atoms with E-state index >= 15 is 0 Å². The summed E-state index contributed by atoms with van der Waals surface area (Å²) in [5.41, 5.74) is 1.06. The highest BCUT2D eigenvalue weighted by atomic mass is 16.5. The van der Waals surface area contributed by atoms with Gasteiger partial charge < -0.3 is 15.2 Å². The van der Waals surface area contributed by atoms with Crippen molar-refractivity contribution in [3.63, 3.8) is 0 Å². The predicted molar refractivity (Wildman–Crippen MR) is 73.1 cm³/mol. The average Bonchev–Trinajstić information content (AvgIpc) is 2.91. The van der Waals surface area contributed by atoms with Gasteiger partial charge in [0.15, 0.2) is 6.61 Å². The average molecular weight is 263 g/mol. The van der Waals surface area contributed by atoms with Crippen molar-refractivity contribution in [2.24, 2.45) is 0 Å². The lowest BCUT2D eigenvalue weighted by molar-refractivity contribution is -0.123. The maximum Gasteiger partial charge on any atom is 0.258 e. The molecule has 1 aliphatic carbocycles. The van der Waals surface area contributed by atoms with E-state index in [1.165, 1.54) is 12.8 Å². The van der Waals surface area contributed by atoms with E-state index in [1.54, 1.807) is 0 Å². The summed E-state index contributed by atoms with van der Waals surface area (Å²) in [6, 6.07) is 7.80. The highest BCUT2D eigenvalue weighted by molar-refractivity contribution is 5.77. The number of carbonyl (C=O) groups excluding carboxylic acids is 1. The topological polar surface area (TPSA) is 58.6 Å². The fourth-order valence-corrected chi connectivity index (χ4v) is 2.37. The summed E-state index contributed by atoms with van der Waals surface area (Å²) < 4.78 is 5.44. The number of amides is 1. The smallest absolute Gasteiger partial charge is 0.258 e. The Kier molecular flexibility index (Phi) is 5.21. The number of hydrogen-bond donors (Lipinski definition) is 2. The first-order chi connectivity index (χ1) is 9.28. The molecule has 1 aromatic rings. The second kappa shape index (κ2) is 7.14. The Morgan fingerprint density at radius 1 is 1.26 bits per heavy atom. The number of aliphatic hydroxyl groups excluding tert-OH is 1. The van der Waals surface area contributed by atoms with Crippen LogP contribution >= 0.6 is 0 Å². The SMILES string of the molecule is O=C(COc1ccc(CCO)cc1)NC1CCCC1. The second-order valence-corrected chi connectivity index (χ2v) is 4.96. The van der Waals surface area contributed by atoms with Gasteiger partial charge in [-0.05, 0) is 37.0 Å². The number of ether oxygens (including phenoxy) is 1. The molecule has 0 bridgehead atoms. The van der Waals surface area contributed by atoms with Crippen molar-refractivity contribution in [3.8, 4) is 5.75 Å². The molecule has 1 aromatic carbocycles. The molecule has 0 spiro atoms. The van der Waals surface area contributed by atoms with Gasteiger partial charge in [-0.3, -0.25) is 4.79 Å². The van der Waals surface area contributed by atoms with Crippen LogP contribution < -0.4 is 10.1 Å². The molecule has 2 rings (SSSR count). The van der Waals surface area contributed by atoms with Gasteiger partial charge in [-0.2, -0.15) is 0 Å². The number of benzene rings is 1. The molecule has 0 heterocycles. The molecule has 0 atom stereocenters. The number of aliphatic hydroxyl groups is 1. The van der Waals surface area contributed by atoms with E-state index < -0.39 is 0 Å². The highest BCUT2D eigenvalue weighted by Gasteiger charge is 2.17. The number of rotatable bonds is 6. The van der Waals surface area contributed by atoms with E-state index in [-0.39, 0.29) is 19.1 Å². The molecular weight excluding hydrogens is 242 g/mol. The summed E-state index contributed by atoms with van der Waals surface area (Å²) in [5.74, 6) is 0.634. The zero-order chi connectivity index (χ0) is 13.5. The van der Waals surface area contributed by atoms with E-state index in [9.17, 15) is 4.79 Å². The molecule has 1 saturated carbocycles. The predicted octanol–water partition coefficient (Wildman–Crippen LogP) is 1.66. The van der Waals surface area contributed by atoms with E-state index in [0.29, 0.717) is 18.2 Å². The van der Waals surface area contributed by atoms with Crippen LogP contribution in [0.1, 0.15) is 31.2 Å². The molecule has 0 saturated heterocycles. The third kappa shape index (κ3) is 4.56. The lowest BCUT2D eigenvalue weighted by atomic mass is 10.1. The molecule has 2 N–H and O–H groups in total. The van der Waals surface area contributed by atoms with Crippen LogP contribution in [0.4, 0.5) is 0 Å². The Balaban J connectivity index is 1.73. The van der Waals surface area contributed by atoms with Crippen LogP contribution in [0.25, 0.3) is 0 Å². The molecule has 104 valence electrons. The van der Waals surface area contributed by atoms with Crippen LogP contribution in [-0.2, 0) is 11.2 Å². The minimum atomic E-state index is -0.0497. The second-order valence-electron chi connectivity index (χ2n) is 4.96. The van der Waals surface area contributed by atoms with Crippen LogP contribution in [0.3, 0.4) is 0 Å². The molecule has 0 aromatic heterocycles. The van der Waals surface area contributed by atoms with Crippen molar-refractivity contribution in [2.45, 2.75) is 38.1 Å². The van der Waals surface area contributed by atoms with Crippen molar-refractivity contribution < 1.29 is 14.6 Å². The Bertz CT molecular complexity index is 396. The minimum absolute atomic E-state index is 0.0497. The Morgan fingerprint density at radius 2 is 1.95 bits per heavy atom. The van der Waals surface area contributed by atoms with Gasteiger partial charge in [0.05, 0.1) is 0 Å². The zero-order valence-electron chi connectivity index (χ0n) is 11.1. The summed E-state index contributed by atoms with van der Waals surface area (Å²) in [6.45, 7) is 0.208. The molecular formula is C15H21NO3. The minimum Gasteiger partial charge on any atom is -0.484 e. The van der Waals surface area contributed by atoms with Gasteiger partial charge >= 0.3 is 0 Å². The van der Waals surface area contributed by atoms with Crippen molar-refractivity contribution in [1.82, 2.24) is 5.32 Å². The lowest BCUT2D eigenvalue weighted by Gasteiger charge is -2.12. The van der Waals surface area contributed by atoms with Crippen molar-refractivity contribution >= 4 is 5.91 Å². The van der Waals surface area contributed by atoms with Crippen molar-refractivity contribution in [2.75, 3.05) is 13.2 Å². The first-order valence-electron chi connectivity index (χ1n) is 6.90. The van der Waals surface area contributed by atoms with Gasteiger partial charge in [-0.1, -0.05) is 25.0 Å². The first-order valence-corrected chi connectivity index (χ1v) is 6.90. The van der Waals surface area contributed by atoms with Gasteiger partial charge in [-0.25, -0.2) is 0 Å². The molecule has 4 heteroatoms. The molecule has 1 fully saturated rings. The third-order valence-electron chi connectivity index (χ3n) is 3.41. The highest BCUT2D eigenvalue weighted by Crippen LogP contribution is 2.17. The zero-order valence-corrected chi connectivity index (χ0v) is 11.1. The summed E-state index contributed by atoms with van der Waals surface area (Å²) in [4.78, 5) is 11.7. The molecule has 0 unspecified atom stereocenters. The molecule has 4 nitrogen and oxygen atoms in total. The fourth-order valence-electron chi connectivity index (χ4n) is 2.37. The van der Waals surface area contributed by atoms with Gasteiger partial charge in [-0.15, -0.1) is 0 Å². The van der Waals surface area contributed by atoms with Crippen LogP contribution in [0.5, 0.6) is 5.75 Å². The third-order valence-corrected chi connectivity index (χ3v) is 3.41. The van der Waals surface area contributed by atoms with E-state index in [0.717, 1.165) is 18.4 Å². The Morgan fingerprint density at radius 3 is 2.58 bits per heavy atom. The van der Waals surface area contributed by atoms with Crippen LogP contribution in [-0.4, -0.2) is 30.3 Å². The summed E-state index contributed by atoms with van der Waals surface area (Å²) in [5, 5.41) is 11.8. The molecule has 1 aliphatic rings. The van der Waals surface area contributed by atoms with Crippen LogP contribution in [0, 0.1) is 0 Å². The normalized spacial score (nSPS) is 15.4. The maximum atomic E-state index is 11.7. The van der Waals surface area contributed by atoms with Gasteiger partial charge in [0.1, 0.15) is 5.75 Å². The van der Waals surface area contributed by atoms with Crippen molar-refractivity contribution in [3.05, 3.63) is 29.8 Å². The summed E-state index contributed by atoms with van der Waals surface area (Å²) in [6.07, 6.45) is 5.22. The number of nitrogens with one attached hydrogen (secondary N) is 1. The first kappa shape index (κ1) is 13.9. The van der Waals surface area contributed by atoms with Gasteiger partial charge in [0, 0.05) is 12.6 Å². The van der Waals surface area contributed by atoms with Crippen molar-refractivity contribution in [1.29, 1.82) is 0 Å². The van der Waals surface area contributed by atoms with Crippen LogP contribution in [0.2, 0.25) is 0 Å². The number of carbonyl (C=O) groups is 1. The quantitative estimate of drug-likeness (QED) is 0.820. The van der Waals surface area contributed by atoms with E-state index in [2.05, 4.69) is 5.32 Å². The monoisotopic (exact) mass is 263 g/mol. The number of hydrogen-bond acceptors (Lipinski definition) is 3. The van der Waals surface area contributed by atoms with Crippen LogP contribution in [0.15, 0.2) is 24.3 Å². The Hall–Kier alpha value is -1.55. The summed E-state index contributed by atoms with van der Waals surface area (Å²) in [7, 11) is 0. The van der Waals surface area contributed by atoms with Gasteiger partial charge in [0.25, 0.3) is 5.91 Å².